The van der Waals surface area contributed by atoms with Crippen LogP contribution in [0, 0.1) is 12.8 Å². The third kappa shape index (κ3) is 4.21. The fraction of sp³-hybridized carbons (Fsp3) is 0.250. The molecule has 1 atom stereocenters. The minimum Gasteiger partial charge on any atom is -0.481 e. The number of carboxylic acid groups (broad SMARTS) is 1. The Kier molecular flexibility index (Phi) is 4.77. The molecule has 2 N–H and O–H groups in total. The number of hydrogen-bond donors (Lipinski definition) is 2. The molecule has 0 saturated heterocycles. The van der Waals surface area contributed by atoms with Gasteiger partial charge in [0.1, 0.15) is 6.26 Å². The highest BCUT2D eigenvalue weighted by Gasteiger charge is 2.19. The van der Waals surface area contributed by atoms with Gasteiger partial charge in [-0.2, -0.15) is 0 Å². The zero-order valence-corrected chi connectivity index (χ0v) is 11.7. The van der Waals surface area contributed by atoms with Gasteiger partial charge in [0.2, 0.25) is 0 Å². The van der Waals surface area contributed by atoms with E-state index >= 15 is 0 Å². The summed E-state index contributed by atoms with van der Waals surface area (Å²) in [7, 11) is 0. The zero-order valence-electron chi connectivity index (χ0n) is 11.7. The summed E-state index contributed by atoms with van der Waals surface area (Å²) < 4.78 is 4.82. The Labute approximate surface area is 122 Å². The number of carbonyl (C=O) groups is 2. The molecular formula is C16H17NO4. The summed E-state index contributed by atoms with van der Waals surface area (Å²) >= 11 is 0. The predicted molar refractivity (Wildman–Crippen MR) is 77.1 cm³/mol. The molecule has 1 aromatic carbocycles. The molecule has 1 aromatic heterocycles. The number of carboxylic acids is 1. The number of benzene rings is 1. The van der Waals surface area contributed by atoms with Crippen LogP contribution in [0.2, 0.25) is 0 Å². The third-order valence-corrected chi connectivity index (χ3v) is 3.21. The molecule has 1 heterocycles. The molecule has 0 aliphatic heterocycles. The number of amides is 1. The first-order chi connectivity index (χ1) is 10.1. The predicted octanol–water partition coefficient (Wildman–Crippen LogP) is 2.26. The maximum Gasteiger partial charge on any atom is 0.308 e. The minimum absolute atomic E-state index is 0.0767. The van der Waals surface area contributed by atoms with E-state index in [0.29, 0.717) is 12.0 Å². The van der Waals surface area contributed by atoms with Crippen LogP contribution in [0.4, 0.5) is 0 Å². The van der Waals surface area contributed by atoms with Gasteiger partial charge in [-0.15, -0.1) is 0 Å². The van der Waals surface area contributed by atoms with E-state index in [1.165, 1.54) is 18.6 Å². The molecule has 0 spiro atoms. The monoisotopic (exact) mass is 287 g/mol. The zero-order chi connectivity index (χ0) is 15.2. The van der Waals surface area contributed by atoms with Crippen molar-refractivity contribution in [1.82, 2.24) is 5.32 Å². The molecule has 0 radical (unpaired) electrons. The molecule has 21 heavy (non-hydrogen) atoms. The smallest absolute Gasteiger partial charge is 0.308 e. The lowest BCUT2D eigenvalue weighted by atomic mass is 9.98. The molecule has 2 rings (SSSR count). The average Bonchev–Trinajstić information content (AvgIpc) is 2.97. The van der Waals surface area contributed by atoms with Gasteiger partial charge in [-0.1, -0.05) is 29.8 Å². The summed E-state index contributed by atoms with van der Waals surface area (Å²) in [5.74, 6) is -1.93. The summed E-state index contributed by atoms with van der Waals surface area (Å²) in [5.41, 5.74) is 2.41. The highest BCUT2D eigenvalue weighted by molar-refractivity contribution is 5.93. The van der Waals surface area contributed by atoms with E-state index in [0.717, 1.165) is 11.1 Å². The van der Waals surface area contributed by atoms with Gasteiger partial charge in [-0.05, 0) is 25.0 Å². The maximum atomic E-state index is 11.8. The highest BCUT2D eigenvalue weighted by Crippen LogP contribution is 2.11. The van der Waals surface area contributed by atoms with Gasteiger partial charge >= 0.3 is 5.97 Å². The second-order valence-electron chi connectivity index (χ2n) is 4.95. The van der Waals surface area contributed by atoms with E-state index in [9.17, 15) is 14.7 Å². The number of furan rings is 1. The van der Waals surface area contributed by atoms with Crippen molar-refractivity contribution < 1.29 is 19.1 Å². The van der Waals surface area contributed by atoms with Crippen molar-refractivity contribution >= 4 is 11.9 Å². The molecule has 1 amide bonds. The number of nitrogens with one attached hydrogen (secondary N) is 1. The van der Waals surface area contributed by atoms with Crippen LogP contribution < -0.4 is 5.32 Å². The SMILES string of the molecule is Cc1cccc(C[C@@H](CNC(=O)c2ccoc2)C(=O)O)c1. The first kappa shape index (κ1) is 14.8. The largest absolute Gasteiger partial charge is 0.481 e. The fourth-order valence-electron chi connectivity index (χ4n) is 2.08. The Morgan fingerprint density at radius 3 is 2.76 bits per heavy atom. The molecule has 0 fully saturated rings. The van der Waals surface area contributed by atoms with Crippen LogP contribution >= 0.6 is 0 Å². The Balaban J connectivity index is 1.96. The van der Waals surface area contributed by atoms with Gasteiger partial charge in [0.05, 0.1) is 17.7 Å². The summed E-state index contributed by atoms with van der Waals surface area (Å²) in [6, 6.07) is 9.23. The van der Waals surface area contributed by atoms with Gasteiger partial charge in [-0.3, -0.25) is 9.59 Å². The van der Waals surface area contributed by atoms with E-state index in [4.69, 9.17) is 4.42 Å². The number of aliphatic carboxylic acids is 1. The molecule has 0 aliphatic carbocycles. The van der Waals surface area contributed by atoms with Crippen LogP contribution in [0.15, 0.2) is 47.3 Å². The van der Waals surface area contributed by atoms with Crippen LogP contribution in [0.5, 0.6) is 0 Å². The molecule has 0 aliphatic rings. The molecule has 2 aromatic rings. The van der Waals surface area contributed by atoms with E-state index in [1.54, 1.807) is 0 Å². The number of hydrogen-bond acceptors (Lipinski definition) is 3. The van der Waals surface area contributed by atoms with E-state index in [-0.39, 0.29) is 12.5 Å². The van der Waals surface area contributed by atoms with Gasteiger partial charge in [0.15, 0.2) is 0 Å². The van der Waals surface area contributed by atoms with Gasteiger partial charge in [0, 0.05) is 6.54 Å². The van der Waals surface area contributed by atoms with Crippen molar-refractivity contribution in [2.75, 3.05) is 6.54 Å². The first-order valence-electron chi connectivity index (χ1n) is 6.65. The maximum absolute atomic E-state index is 11.8. The quantitative estimate of drug-likeness (QED) is 0.854. The Morgan fingerprint density at radius 1 is 1.33 bits per heavy atom. The summed E-state index contributed by atoms with van der Waals surface area (Å²) in [5, 5.41) is 11.9. The van der Waals surface area contributed by atoms with Crippen LogP contribution in [0.3, 0.4) is 0 Å². The minimum atomic E-state index is -0.927. The molecular weight excluding hydrogens is 270 g/mol. The standard InChI is InChI=1S/C16H17NO4/c1-11-3-2-4-12(7-11)8-14(16(19)20)9-17-15(18)13-5-6-21-10-13/h2-7,10,14H,8-9H2,1H3,(H,17,18)(H,19,20)/t14-/m0/s1. The summed E-state index contributed by atoms with van der Waals surface area (Å²) in [6.45, 7) is 2.03. The van der Waals surface area contributed by atoms with E-state index in [1.807, 2.05) is 31.2 Å². The van der Waals surface area contributed by atoms with Crippen molar-refractivity contribution in [3.8, 4) is 0 Å². The van der Waals surface area contributed by atoms with Crippen LogP contribution in [0.25, 0.3) is 0 Å². The topological polar surface area (TPSA) is 79.5 Å². The van der Waals surface area contributed by atoms with Gasteiger partial charge < -0.3 is 14.8 Å². The van der Waals surface area contributed by atoms with Crippen molar-refractivity contribution in [3.63, 3.8) is 0 Å². The lowest BCUT2D eigenvalue weighted by Gasteiger charge is -2.13. The van der Waals surface area contributed by atoms with Gasteiger partial charge in [0.25, 0.3) is 5.91 Å². The molecule has 0 unspecified atom stereocenters. The molecule has 5 nitrogen and oxygen atoms in total. The van der Waals surface area contributed by atoms with Crippen molar-refractivity contribution in [2.24, 2.45) is 5.92 Å². The summed E-state index contributed by atoms with van der Waals surface area (Å²) in [6.07, 6.45) is 3.10. The molecule has 110 valence electrons. The molecule has 5 heteroatoms. The van der Waals surface area contributed by atoms with Crippen molar-refractivity contribution in [2.45, 2.75) is 13.3 Å². The molecule has 0 saturated carbocycles. The van der Waals surface area contributed by atoms with Crippen LogP contribution in [-0.4, -0.2) is 23.5 Å². The lowest BCUT2D eigenvalue weighted by Crippen LogP contribution is -2.33. The molecule has 0 bridgehead atoms. The highest BCUT2D eigenvalue weighted by atomic mass is 16.4. The van der Waals surface area contributed by atoms with E-state index in [2.05, 4.69) is 5.32 Å². The van der Waals surface area contributed by atoms with Crippen molar-refractivity contribution in [1.29, 1.82) is 0 Å². The first-order valence-corrected chi connectivity index (χ1v) is 6.65. The number of aryl methyl sites for hydroxylation is 1. The Bertz CT molecular complexity index is 619. The fourth-order valence-corrected chi connectivity index (χ4v) is 2.08. The Hall–Kier alpha value is -2.56. The van der Waals surface area contributed by atoms with E-state index < -0.39 is 11.9 Å². The summed E-state index contributed by atoms with van der Waals surface area (Å²) in [4.78, 5) is 23.1. The van der Waals surface area contributed by atoms with Gasteiger partial charge in [-0.25, -0.2) is 0 Å². The second kappa shape index (κ2) is 6.74. The van der Waals surface area contributed by atoms with Crippen molar-refractivity contribution in [3.05, 3.63) is 59.5 Å². The normalized spacial score (nSPS) is 11.9. The third-order valence-electron chi connectivity index (χ3n) is 3.21. The Morgan fingerprint density at radius 2 is 2.14 bits per heavy atom. The average molecular weight is 287 g/mol. The number of rotatable bonds is 6. The van der Waals surface area contributed by atoms with Crippen LogP contribution in [-0.2, 0) is 11.2 Å². The van der Waals surface area contributed by atoms with Crippen LogP contribution in [0.1, 0.15) is 21.5 Å². The lowest BCUT2D eigenvalue weighted by molar-refractivity contribution is -0.141. The second-order valence-corrected chi connectivity index (χ2v) is 4.95. The number of carbonyl (C=O) groups excluding carboxylic acids is 1.